The molecular weight excluding hydrogens is 300 g/mol. The third kappa shape index (κ3) is 4.87. The number of hydrogen-bond acceptors (Lipinski definition) is 3. The van der Waals surface area contributed by atoms with E-state index in [1.807, 2.05) is 19.2 Å². The number of para-hydroxylation sites is 1. The monoisotopic (exact) mass is 332 g/mol. The summed E-state index contributed by atoms with van der Waals surface area (Å²) in [4.78, 5) is 6.90. The zero-order chi connectivity index (χ0) is 17.4. The van der Waals surface area contributed by atoms with Crippen molar-refractivity contribution in [1.82, 2.24) is 15.5 Å². The molecule has 0 amide bonds. The van der Waals surface area contributed by atoms with Gasteiger partial charge in [0.15, 0.2) is 5.96 Å². The Morgan fingerprint density at radius 3 is 2.62 bits per heavy atom. The molecular formula is C19H32N4O. The van der Waals surface area contributed by atoms with Gasteiger partial charge in [0.25, 0.3) is 0 Å². The molecule has 134 valence electrons. The number of ether oxygens (including phenoxy) is 1. The highest BCUT2D eigenvalue weighted by Crippen LogP contribution is 2.31. The van der Waals surface area contributed by atoms with E-state index in [2.05, 4.69) is 46.5 Å². The lowest BCUT2D eigenvalue weighted by Crippen LogP contribution is -2.45. The fourth-order valence-electron chi connectivity index (χ4n) is 3.15. The van der Waals surface area contributed by atoms with Gasteiger partial charge in [-0.1, -0.05) is 25.1 Å². The van der Waals surface area contributed by atoms with Gasteiger partial charge in [-0.2, -0.15) is 0 Å². The highest BCUT2D eigenvalue weighted by Gasteiger charge is 2.26. The fraction of sp³-hybridized carbons (Fsp3) is 0.632. The molecule has 0 spiro atoms. The first-order valence-corrected chi connectivity index (χ1v) is 9.03. The van der Waals surface area contributed by atoms with Crippen LogP contribution in [0.2, 0.25) is 0 Å². The molecule has 0 saturated carbocycles. The lowest BCUT2D eigenvalue weighted by molar-refractivity contribution is 0.239. The highest BCUT2D eigenvalue weighted by atomic mass is 16.5. The van der Waals surface area contributed by atoms with Gasteiger partial charge in [-0.25, -0.2) is 0 Å². The van der Waals surface area contributed by atoms with Crippen LogP contribution in [-0.2, 0) is 0 Å². The van der Waals surface area contributed by atoms with Crippen LogP contribution in [-0.4, -0.2) is 50.7 Å². The zero-order valence-electron chi connectivity index (χ0n) is 15.5. The van der Waals surface area contributed by atoms with Gasteiger partial charge in [-0.05, 0) is 45.3 Å². The SMILES string of the molecule is CCC(C)NC(=NC)NCC(c1ccccc1OC)N1CCCC1. The Hall–Kier alpha value is -1.75. The van der Waals surface area contributed by atoms with Crippen molar-refractivity contribution in [3.8, 4) is 5.75 Å². The van der Waals surface area contributed by atoms with Gasteiger partial charge in [0.2, 0.25) is 0 Å². The number of benzene rings is 1. The summed E-state index contributed by atoms with van der Waals surface area (Å²) in [7, 11) is 3.57. The minimum absolute atomic E-state index is 0.291. The Bertz CT molecular complexity index is 526. The van der Waals surface area contributed by atoms with Crippen molar-refractivity contribution in [2.75, 3.05) is 33.8 Å². The summed E-state index contributed by atoms with van der Waals surface area (Å²) in [5.74, 6) is 1.82. The second kappa shape index (κ2) is 9.52. The second-order valence-corrected chi connectivity index (χ2v) is 6.41. The van der Waals surface area contributed by atoms with Gasteiger partial charge in [0, 0.05) is 25.2 Å². The van der Waals surface area contributed by atoms with E-state index in [4.69, 9.17) is 4.74 Å². The van der Waals surface area contributed by atoms with Crippen LogP contribution in [0.4, 0.5) is 0 Å². The number of likely N-dealkylation sites (tertiary alicyclic amines) is 1. The van der Waals surface area contributed by atoms with Crippen LogP contribution in [0.5, 0.6) is 5.75 Å². The van der Waals surface area contributed by atoms with Gasteiger partial charge < -0.3 is 15.4 Å². The Morgan fingerprint density at radius 2 is 2.00 bits per heavy atom. The lowest BCUT2D eigenvalue weighted by atomic mass is 10.0. The van der Waals surface area contributed by atoms with Crippen LogP contribution >= 0.6 is 0 Å². The largest absolute Gasteiger partial charge is 0.496 e. The molecule has 0 bridgehead atoms. The van der Waals surface area contributed by atoms with Crippen LogP contribution in [0.15, 0.2) is 29.3 Å². The predicted octanol–water partition coefficient (Wildman–Crippen LogP) is 2.80. The summed E-state index contributed by atoms with van der Waals surface area (Å²) < 4.78 is 5.60. The Kier molecular flexibility index (Phi) is 7.37. The molecule has 0 radical (unpaired) electrons. The van der Waals surface area contributed by atoms with Crippen molar-refractivity contribution >= 4 is 5.96 Å². The molecule has 1 aromatic carbocycles. The van der Waals surface area contributed by atoms with Crippen molar-refractivity contribution in [3.05, 3.63) is 29.8 Å². The molecule has 24 heavy (non-hydrogen) atoms. The Balaban J connectivity index is 2.12. The summed E-state index contributed by atoms with van der Waals surface area (Å²) in [5.41, 5.74) is 1.24. The molecule has 1 saturated heterocycles. The van der Waals surface area contributed by atoms with Crippen molar-refractivity contribution in [2.24, 2.45) is 4.99 Å². The van der Waals surface area contributed by atoms with Crippen LogP contribution in [0.3, 0.4) is 0 Å². The molecule has 0 aliphatic carbocycles. The van der Waals surface area contributed by atoms with Gasteiger partial charge in [0.1, 0.15) is 5.75 Å². The first-order chi connectivity index (χ1) is 11.7. The number of methoxy groups -OCH3 is 1. The van der Waals surface area contributed by atoms with Crippen molar-refractivity contribution in [3.63, 3.8) is 0 Å². The minimum Gasteiger partial charge on any atom is -0.496 e. The van der Waals surface area contributed by atoms with E-state index in [0.29, 0.717) is 12.1 Å². The quantitative estimate of drug-likeness (QED) is 0.595. The maximum absolute atomic E-state index is 5.60. The normalized spacial score (nSPS) is 18.2. The molecule has 2 rings (SSSR count). The van der Waals surface area contributed by atoms with Gasteiger partial charge in [0.05, 0.1) is 13.2 Å². The smallest absolute Gasteiger partial charge is 0.191 e. The van der Waals surface area contributed by atoms with Crippen LogP contribution < -0.4 is 15.4 Å². The maximum atomic E-state index is 5.60. The van der Waals surface area contributed by atoms with Gasteiger partial charge in [-0.15, -0.1) is 0 Å². The Labute approximate surface area is 146 Å². The van der Waals surface area contributed by atoms with E-state index >= 15 is 0 Å². The molecule has 5 heteroatoms. The van der Waals surface area contributed by atoms with E-state index < -0.39 is 0 Å². The molecule has 1 aromatic rings. The number of aliphatic imine (C=N–C) groups is 1. The van der Waals surface area contributed by atoms with E-state index in [0.717, 1.165) is 37.8 Å². The van der Waals surface area contributed by atoms with Gasteiger partial charge >= 0.3 is 0 Å². The van der Waals surface area contributed by atoms with Crippen molar-refractivity contribution in [2.45, 2.75) is 45.2 Å². The standard InChI is InChI=1S/C19H32N4O/c1-5-15(2)22-19(20-3)21-14-17(23-12-8-9-13-23)16-10-6-7-11-18(16)24-4/h6-7,10-11,15,17H,5,8-9,12-14H2,1-4H3,(H2,20,21,22). The third-order valence-corrected chi connectivity index (χ3v) is 4.76. The average Bonchev–Trinajstić information content (AvgIpc) is 3.15. The molecule has 1 fully saturated rings. The maximum Gasteiger partial charge on any atom is 0.191 e. The summed E-state index contributed by atoms with van der Waals surface area (Å²) in [6.45, 7) is 7.44. The lowest BCUT2D eigenvalue weighted by Gasteiger charge is -2.30. The summed E-state index contributed by atoms with van der Waals surface area (Å²) in [6, 6.07) is 9.04. The topological polar surface area (TPSA) is 48.9 Å². The second-order valence-electron chi connectivity index (χ2n) is 6.41. The predicted molar refractivity (Wildman–Crippen MR) is 101 cm³/mol. The third-order valence-electron chi connectivity index (χ3n) is 4.76. The number of nitrogens with one attached hydrogen (secondary N) is 2. The van der Waals surface area contributed by atoms with Crippen molar-refractivity contribution < 1.29 is 4.74 Å². The zero-order valence-corrected chi connectivity index (χ0v) is 15.5. The summed E-state index contributed by atoms with van der Waals surface area (Å²) >= 11 is 0. The first-order valence-electron chi connectivity index (χ1n) is 9.03. The van der Waals surface area contributed by atoms with Crippen LogP contribution in [0.25, 0.3) is 0 Å². The number of guanidine groups is 1. The number of rotatable bonds is 7. The van der Waals surface area contributed by atoms with E-state index in [1.54, 1.807) is 7.11 Å². The summed E-state index contributed by atoms with van der Waals surface area (Å²) in [6.07, 6.45) is 3.61. The van der Waals surface area contributed by atoms with E-state index in [9.17, 15) is 0 Å². The molecule has 0 aromatic heterocycles. The first kappa shape index (κ1) is 18.6. The fourth-order valence-corrected chi connectivity index (χ4v) is 3.15. The van der Waals surface area contributed by atoms with E-state index in [-0.39, 0.29) is 0 Å². The highest BCUT2D eigenvalue weighted by molar-refractivity contribution is 5.80. The van der Waals surface area contributed by atoms with E-state index in [1.165, 1.54) is 18.4 Å². The molecule has 2 N–H and O–H groups in total. The molecule has 1 aliphatic rings. The number of nitrogens with zero attached hydrogens (tertiary/aromatic N) is 2. The Morgan fingerprint density at radius 1 is 1.29 bits per heavy atom. The van der Waals surface area contributed by atoms with Crippen LogP contribution in [0.1, 0.15) is 44.7 Å². The molecule has 1 heterocycles. The number of hydrogen-bond donors (Lipinski definition) is 2. The molecule has 1 aliphatic heterocycles. The van der Waals surface area contributed by atoms with Crippen molar-refractivity contribution in [1.29, 1.82) is 0 Å². The molecule has 2 atom stereocenters. The average molecular weight is 332 g/mol. The minimum atomic E-state index is 0.291. The molecule has 5 nitrogen and oxygen atoms in total. The summed E-state index contributed by atoms with van der Waals surface area (Å²) in [5, 5.41) is 6.93. The van der Waals surface area contributed by atoms with Gasteiger partial charge in [-0.3, -0.25) is 9.89 Å². The molecule has 2 unspecified atom stereocenters. The van der Waals surface area contributed by atoms with Crippen LogP contribution in [0, 0.1) is 0 Å².